The van der Waals surface area contributed by atoms with Crippen molar-refractivity contribution in [3.63, 3.8) is 0 Å². The molecule has 2 amide bonds. The van der Waals surface area contributed by atoms with Crippen LogP contribution in [0.4, 0.5) is 5.69 Å². The summed E-state index contributed by atoms with van der Waals surface area (Å²) in [7, 11) is -3.67. The number of amides is 2. The lowest BCUT2D eigenvalue weighted by molar-refractivity contribution is -0.121. The molecule has 7 nitrogen and oxygen atoms in total. The molecule has 2 aromatic carbocycles. The third kappa shape index (κ3) is 6.90. The number of hydrogen-bond acceptors (Lipinski definition) is 4. The molecule has 3 N–H and O–H groups in total. The van der Waals surface area contributed by atoms with Gasteiger partial charge in [-0.15, -0.1) is 0 Å². The van der Waals surface area contributed by atoms with Gasteiger partial charge in [-0.3, -0.25) is 9.59 Å². The van der Waals surface area contributed by atoms with Crippen LogP contribution in [0.15, 0.2) is 53.4 Å². The van der Waals surface area contributed by atoms with Crippen molar-refractivity contribution in [2.24, 2.45) is 5.92 Å². The van der Waals surface area contributed by atoms with Crippen LogP contribution in [0.1, 0.15) is 51.2 Å². The van der Waals surface area contributed by atoms with Crippen molar-refractivity contribution in [3.8, 4) is 0 Å². The second-order valence-corrected chi connectivity index (χ2v) is 10.9. The Morgan fingerprint density at radius 2 is 1.59 bits per heavy atom. The first-order valence-corrected chi connectivity index (χ1v) is 12.3. The molecule has 0 heterocycles. The third-order valence-corrected chi connectivity index (χ3v) is 6.81. The quantitative estimate of drug-likeness (QED) is 0.537. The molecule has 32 heavy (non-hydrogen) atoms. The van der Waals surface area contributed by atoms with E-state index in [9.17, 15) is 18.0 Å². The zero-order chi connectivity index (χ0) is 23.4. The van der Waals surface area contributed by atoms with Gasteiger partial charge in [0.2, 0.25) is 21.8 Å². The molecule has 0 unspecified atom stereocenters. The Kier molecular flexibility index (Phi) is 7.36. The van der Waals surface area contributed by atoms with Crippen molar-refractivity contribution in [1.82, 2.24) is 10.0 Å². The first-order chi connectivity index (χ1) is 15.0. The van der Waals surface area contributed by atoms with E-state index in [0.717, 1.165) is 29.7 Å². The van der Waals surface area contributed by atoms with Crippen molar-refractivity contribution < 1.29 is 18.0 Å². The van der Waals surface area contributed by atoms with Gasteiger partial charge < -0.3 is 10.6 Å². The maximum absolute atomic E-state index is 12.4. The van der Waals surface area contributed by atoms with Crippen LogP contribution >= 0.6 is 0 Å². The van der Waals surface area contributed by atoms with E-state index < -0.39 is 10.0 Å². The molecule has 0 aliphatic heterocycles. The molecular formula is C24H31N3O4S. The van der Waals surface area contributed by atoms with Crippen molar-refractivity contribution in [2.75, 3.05) is 11.9 Å². The molecule has 0 atom stereocenters. The highest BCUT2D eigenvalue weighted by molar-refractivity contribution is 7.89. The number of anilines is 1. The number of rotatable bonds is 9. The summed E-state index contributed by atoms with van der Waals surface area (Å²) in [6.45, 7) is 6.54. The molecule has 8 heteroatoms. The van der Waals surface area contributed by atoms with E-state index in [1.165, 1.54) is 0 Å². The van der Waals surface area contributed by atoms with Gasteiger partial charge in [-0.25, -0.2) is 13.1 Å². The van der Waals surface area contributed by atoms with E-state index in [2.05, 4.69) is 36.1 Å². The summed E-state index contributed by atoms with van der Waals surface area (Å²) in [5, 5.41) is 5.65. The maximum atomic E-state index is 12.4. The molecule has 1 aliphatic rings. The van der Waals surface area contributed by atoms with E-state index in [-0.39, 0.29) is 41.0 Å². The number of benzene rings is 2. The van der Waals surface area contributed by atoms with Crippen LogP contribution in [0.5, 0.6) is 0 Å². The van der Waals surface area contributed by atoms with Crippen molar-refractivity contribution in [3.05, 3.63) is 59.7 Å². The van der Waals surface area contributed by atoms with Crippen molar-refractivity contribution in [2.45, 2.75) is 56.9 Å². The van der Waals surface area contributed by atoms with Gasteiger partial charge in [0.1, 0.15) is 0 Å². The summed E-state index contributed by atoms with van der Waals surface area (Å²) in [6, 6.07) is 14.1. The van der Waals surface area contributed by atoms with Gasteiger partial charge >= 0.3 is 0 Å². The minimum Gasteiger partial charge on any atom is -0.352 e. The zero-order valence-corrected chi connectivity index (χ0v) is 19.6. The van der Waals surface area contributed by atoms with Crippen LogP contribution < -0.4 is 15.4 Å². The predicted octanol–water partition coefficient (Wildman–Crippen LogP) is 3.32. The molecule has 0 aromatic heterocycles. The fourth-order valence-corrected chi connectivity index (χ4v) is 4.13. The van der Waals surface area contributed by atoms with Gasteiger partial charge in [-0.2, -0.15) is 0 Å². The summed E-state index contributed by atoms with van der Waals surface area (Å²) in [4.78, 5) is 24.0. The fourth-order valence-electron chi connectivity index (χ4n) is 3.10. The van der Waals surface area contributed by atoms with E-state index in [4.69, 9.17) is 0 Å². The lowest BCUT2D eigenvalue weighted by atomic mass is 9.87. The van der Waals surface area contributed by atoms with E-state index >= 15 is 0 Å². The van der Waals surface area contributed by atoms with Gasteiger partial charge in [0.05, 0.1) is 4.90 Å². The molecule has 1 aliphatic carbocycles. The Hall–Kier alpha value is -2.71. The van der Waals surface area contributed by atoms with E-state index in [0.29, 0.717) is 6.54 Å². The summed E-state index contributed by atoms with van der Waals surface area (Å²) < 4.78 is 27.3. The van der Waals surface area contributed by atoms with Crippen molar-refractivity contribution in [1.29, 1.82) is 0 Å². The van der Waals surface area contributed by atoms with Gasteiger partial charge in [0, 0.05) is 31.1 Å². The van der Waals surface area contributed by atoms with Crippen LogP contribution in [-0.4, -0.2) is 26.8 Å². The summed E-state index contributed by atoms with van der Waals surface area (Å²) in [5.74, 6) is -0.0465. The minimum atomic E-state index is -3.67. The molecule has 172 valence electrons. The number of sulfonamides is 1. The highest BCUT2D eigenvalue weighted by atomic mass is 32.2. The van der Waals surface area contributed by atoms with Gasteiger partial charge in [-0.05, 0) is 53.6 Å². The Labute approximate surface area is 190 Å². The summed E-state index contributed by atoms with van der Waals surface area (Å²) >= 11 is 0. The molecule has 0 spiro atoms. The summed E-state index contributed by atoms with van der Waals surface area (Å²) in [5.41, 5.74) is 2.62. The standard InChI is InChI=1S/C24H31N3O4S/c1-24(2,3)19-8-12-21(13-9-19)32(30,31)26-15-14-22(28)25-16-17-4-10-20(11-5-17)27-23(29)18-6-7-18/h4-5,8-13,18,26H,6-7,14-16H2,1-3H3,(H,25,28)(H,27,29). The highest BCUT2D eigenvalue weighted by Gasteiger charge is 2.29. The minimum absolute atomic E-state index is 0.0152. The first kappa shape index (κ1) is 23.9. The second-order valence-electron chi connectivity index (χ2n) is 9.16. The van der Waals surface area contributed by atoms with E-state index in [1.54, 1.807) is 24.3 Å². The highest BCUT2D eigenvalue weighted by Crippen LogP contribution is 2.30. The first-order valence-electron chi connectivity index (χ1n) is 10.8. The number of carbonyl (C=O) groups is 2. The fraction of sp³-hybridized carbons (Fsp3) is 0.417. The average molecular weight is 458 g/mol. The molecule has 0 saturated heterocycles. The molecule has 0 bridgehead atoms. The molecule has 1 fully saturated rings. The molecule has 0 radical (unpaired) electrons. The van der Waals surface area contributed by atoms with Crippen LogP contribution in [0.25, 0.3) is 0 Å². The maximum Gasteiger partial charge on any atom is 0.240 e. The topological polar surface area (TPSA) is 104 Å². The molecule has 1 saturated carbocycles. The number of nitrogens with one attached hydrogen (secondary N) is 3. The zero-order valence-electron chi connectivity index (χ0n) is 18.8. The van der Waals surface area contributed by atoms with Crippen LogP contribution in [-0.2, 0) is 31.6 Å². The Morgan fingerprint density at radius 3 is 2.16 bits per heavy atom. The largest absolute Gasteiger partial charge is 0.352 e. The second kappa shape index (κ2) is 9.83. The van der Waals surface area contributed by atoms with Gasteiger partial charge in [0.25, 0.3) is 0 Å². The predicted molar refractivity (Wildman–Crippen MR) is 125 cm³/mol. The normalized spacial score (nSPS) is 14.1. The Morgan fingerprint density at radius 1 is 0.969 bits per heavy atom. The average Bonchev–Trinajstić information content (AvgIpc) is 3.58. The Balaban J connectivity index is 1.41. The lowest BCUT2D eigenvalue weighted by Crippen LogP contribution is -2.30. The molecule has 3 rings (SSSR count). The lowest BCUT2D eigenvalue weighted by Gasteiger charge is -2.19. The third-order valence-electron chi connectivity index (χ3n) is 5.33. The SMILES string of the molecule is CC(C)(C)c1ccc(S(=O)(=O)NCCC(=O)NCc2ccc(NC(=O)C3CC3)cc2)cc1. The van der Waals surface area contributed by atoms with Gasteiger partial charge in [-0.1, -0.05) is 45.0 Å². The molecule has 2 aromatic rings. The van der Waals surface area contributed by atoms with E-state index in [1.807, 2.05) is 24.3 Å². The smallest absolute Gasteiger partial charge is 0.240 e. The summed E-state index contributed by atoms with van der Waals surface area (Å²) in [6.07, 6.45) is 1.94. The van der Waals surface area contributed by atoms with Crippen LogP contribution in [0.2, 0.25) is 0 Å². The monoisotopic (exact) mass is 457 g/mol. The van der Waals surface area contributed by atoms with Crippen LogP contribution in [0, 0.1) is 5.92 Å². The number of hydrogen-bond donors (Lipinski definition) is 3. The van der Waals surface area contributed by atoms with Crippen molar-refractivity contribution >= 4 is 27.5 Å². The molecular weight excluding hydrogens is 426 g/mol. The van der Waals surface area contributed by atoms with Gasteiger partial charge in [0.15, 0.2) is 0 Å². The Bertz CT molecular complexity index is 1050. The van der Waals surface area contributed by atoms with Crippen LogP contribution in [0.3, 0.4) is 0 Å². The number of carbonyl (C=O) groups excluding carboxylic acids is 2.